The molecule has 3 rings (SSSR count). The molecule has 5 nitrogen and oxygen atoms in total. The summed E-state index contributed by atoms with van der Waals surface area (Å²) in [6.07, 6.45) is 2.03. The van der Waals surface area contributed by atoms with Gasteiger partial charge in [0.15, 0.2) is 0 Å². The van der Waals surface area contributed by atoms with Crippen molar-refractivity contribution >= 4 is 27.9 Å². The maximum absolute atomic E-state index is 12.0. The number of nitrogens with one attached hydrogen (secondary N) is 2. The normalized spacial score (nSPS) is 19.9. The lowest BCUT2D eigenvalue weighted by Crippen LogP contribution is -2.43. The van der Waals surface area contributed by atoms with Gasteiger partial charge in [-0.15, -0.1) is 0 Å². The van der Waals surface area contributed by atoms with E-state index in [1.165, 1.54) is 10.5 Å². The molecule has 1 heterocycles. The third-order valence-corrected chi connectivity index (χ3v) is 4.36. The number of urea groups is 1. The lowest BCUT2D eigenvalue weighted by Gasteiger charge is -2.20. The largest absolute Gasteiger partial charge is 0.336 e. The van der Waals surface area contributed by atoms with E-state index in [1.807, 2.05) is 12.1 Å². The predicted octanol–water partition coefficient (Wildman–Crippen LogP) is 1.58. The van der Waals surface area contributed by atoms with Crippen molar-refractivity contribution in [2.45, 2.75) is 18.4 Å². The summed E-state index contributed by atoms with van der Waals surface area (Å²) in [5.74, 6) is -0.165. The van der Waals surface area contributed by atoms with E-state index in [0.29, 0.717) is 13.1 Å². The minimum atomic E-state index is -0.288. The van der Waals surface area contributed by atoms with Gasteiger partial charge in [0.05, 0.1) is 6.54 Å². The SMILES string of the molecule is O=C(CNC1(c2cccc(Br)c2)CC1)N1CCNC1=O. The average molecular weight is 338 g/mol. The molecule has 2 N–H and O–H groups in total. The highest BCUT2D eigenvalue weighted by atomic mass is 79.9. The Bertz CT molecular complexity index is 557. The monoisotopic (exact) mass is 337 g/mol. The van der Waals surface area contributed by atoms with E-state index in [-0.39, 0.29) is 24.0 Å². The minimum absolute atomic E-state index is 0.102. The van der Waals surface area contributed by atoms with Gasteiger partial charge in [-0.05, 0) is 30.5 Å². The number of rotatable bonds is 4. The average Bonchev–Trinajstić information content (AvgIpc) is 3.11. The molecule has 0 bridgehead atoms. The van der Waals surface area contributed by atoms with Crippen LogP contribution in [0.3, 0.4) is 0 Å². The van der Waals surface area contributed by atoms with E-state index in [1.54, 1.807) is 0 Å². The Morgan fingerprint density at radius 1 is 1.45 bits per heavy atom. The van der Waals surface area contributed by atoms with Gasteiger partial charge in [0.1, 0.15) is 0 Å². The molecule has 0 radical (unpaired) electrons. The molecular formula is C14H16BrN3O2. The fourth-order valence-electron chi connectivity index (χ4n) is 2.53. The first-order valence-electron chi connectivity index (χ1n) is 6.70. The van der Waals surface area contributed by atoms with Gasteiger partial charge in [-0.25, -0.2) is 4.79 Å². The Morgan fingerprint density at radius 2 is 2.25 bits per heavy atom. The van der Waals surface area contributed by atoms with Crippen LogP contribution in [0, 0.1) is 0 Å². The molecule has 1 aromatic carbocycles. The molecule has 6 heteroatoms. The Labute approximate surface area is 125 Å². The topological polar surface area (TPSA) is 61.4 Å². The smallest absolute Gasteiger partial charge is 0.324 e. The van der Waals surface area contributed by atoms with E-state index >= 15 is 0 Å². The maximum Gasteiger partial charge on any atom is 0.324 e. The fourth-order valence-corrected chi connectivity index (χ4v) is 2.93. The predicted molar refractivity (Wildman–Crippen MR) is 78.2 cm³/mol. The van der Waals surface area contributed by atoms with Crippen LogP contribution in [0.4, 0.5) is 4.79 Å². The highest BCUT2D eigenvalue weighted by Gasteiger charge is 2.44. The van der Waals surface area contributed by atoms with Gasteiger partial charge in [0.25, 0.3) is 0 Å². The summed E-state index contributed by atoms with van der Waals surface area (Å²) in [5, 5.41) is 5.95. The quantitative estimate of drug-likeness (QED) is 0.876. The second-order valence-corrected chi connectivity index (χ2v) is 6.14. The molecule has 20 heavy (non-hydrogen) atoms. The van der Waals surface area contributed by atoms with Gasteiger partial charge < -0.3 is 5.32 Å². The van der Waals surface area contributed by atoms with Crippen molar-refractivity contribution in [1.29, 1.82) is 0 Å². The first-order chi connectivity index (χ1) is 9.61. The number of carbonyl (C=O) groups is 2. The van der Waals surface area contributed by atoms with Gasteiger partial charge >= 0.3 is 6.03 Å². The highest BCUT2D eigenvalue weighted by Crippen LogP contribution is 2.45. The number of hydrogen-bond acceptors (Lipinski definition) is 3. The van der Waals surface area contributed by atoms with E-state index in [2.05, 4.69) is 38.7 Å². The van der Waals surface area contributed by atoms with Crippen LogP contribution < -0.4 is 10.6 Å². The summed E-state index contributed by atoms with van der Waals surface area (Å²) in [4.78, 5) is 24.7. The highest BCUT2D eigenvalue weighted by molar-refractivity contribution is 9.10. The zero-order chi connectivity index (χ0) is 14.2. The second-order valence-electron chi connectivity index (χ2n) is 5.22. The Morgan fingerprint density at radius 3 is 2.85 bits per heavy atom. The summed E-state index contributed by atoms with van der Waals surface area (Å²) >= 11 is 3.47. The number of nitrogens with zero attached hydrogens (tertiary/aromatic N) is 1. The van der Waals surface area contributed by atoms with E-state index in [9.17, 15) is 9.59 Å². The zero-order valence-corrected chi connectivity index (χ0v) is 12.6. The van der Waals surface area contributed by atoms with Crippen molar-refractivity contribution < 1.29 is 9.59 Å². The standard InChI is InChI=1S/C14H16BrN3O2/c15-11-3-1-2-10(8-11)14(4-5-14)17-9-12(19)18-7-6-16-13(18)20/h1-3,8,17H,4-7,9H2,(H,16,20). The summed E-state index contributed by atoms with van der Waals surface area (Å²) < 4.78 is 1.04. The van der Waals surface area contributed by atoms with Crippen molar-refractivity contribution in [1.82, 2.24) is 15.5 Å². The molecule has 1 saturated carbocycles. The number of amides is 3. The lowest BCUT2D eigenvalue weighted by atomic mass is 10.1. The first-order valence-corrected chi connectivity index (χ1v) is 7.49. The fraction of sp³-hybridized carbons (Fsp3) is 0.429. The number of halogens is 1. The summed E-state index contributed by atoms with van der Waals surface area (Å²) in [6, 6.07) is 7.84. The molecule has 1 saturated heterocycles. The van der Waals surface area contributed by atoms with Crippen molar-refractivity contribution in [2.75, 3.05) is 19.6 Å². The van der Waals surface area contributed by atoms with Crippen LogP contribution in [-0.2, 0) is 10.3 Å². The van der Waals surface area contributed by atoms with Gasteiger partial charge in [-0.1, -0.05) is 28.1 Å². The first kappa shape index (κ1) is 13.6. The molecule has 0 aromatic heterocycles. The van der Waals surface area contributed by atoms with E-state index in [4.69, 9.17) is 0 Å². The molecule has 1 aromatic rings. The Kier molecular flexibility index (Phi) is 3.52. The van der Waals surface area contributed by atoms with Crippen LogP contribution in [0.2, 0.25) is 0 Å². The summed E-state index contributed by atoms with van der Waals surface area (Å²) in [5.41, 5.74) is 1.08. The molecule has 106 valence electrons. The molecule has 1 aliphatic heterocycles. The summed E-state index contributed by atoms with van der Waals surface area (Å²) in [6.45, 7) is 1.20. The third kappa shape index (κ3) is 2.58. The van der Waals surface area contributed by atoms with Crippen LogP contribution in [0.25, 0.3) is 0 Å². The molecule has 2 aliphatic rings. The number of benzene rings is 1. The molecule has 0 atom stereocenters. The van der Waals surface area contributed by atoms with Crippen LogP contribution >= 0.6 is 15.9 Å². The van der Waals surface area contributed by atoms with Gasteiger partial charge in [0, 0.05) is 23.1 Å². The molecular weight excluding hydrogens is 322 g/mol. The van der Waals surface area contributed by atoms with Crippen LogP contribution in [-0.4, -0.2) is 36.5 Å². The van der Waals surface area contributed by atoms with Crippen LogP contribution in [0.15, 0.2) is 28.7 Å². The van der Waals surface area contributed by atoms with Gasteiger partial charge in [0.2, 0.25) is 5.91 Å². The lowest BCUT2D eigenvalue weighted by molar-refractivity contribution is -0.126. The molecule has 0 unspecified atom stereocenters. The summed E-state index contributed by atoms with van der Waals surface area (Å²) in [7, 11) is 0. The zero-order valence-electron chi connectivity index (χ0n) is 11.0. The molecule has 3 amide bonds. The Balaban J connectivity index is 1.63. The Hall–Kier alpha value is -1.40. The van der Waals surface area contributed by atoms with Crippen molar-refractivity contribution in [2.24, 2.45) is 0 Å². The number of hydrogen-bond donors (Lipinski definition) is 2. The van der Waals surface area contributed by atoms with E-state index < -0.39 is 0 Å². The second kappa shape index (κ2) is 5.18. The molecule has 0 spiro atoms. The van der Waals surface area contributed by atoms with Crippen LogP contribution in [0.1, 0.15) is 18.4 Å². The third-order valence-electron chi connectivity index (χ3n) is 3.86. The van der Waals surface area contributed by atoms with Crippen LogP contribution in [0.5, 0.6) is 0 Å². The van der Waals surface area contributed by atoms with Crippen molar-refractivity contribution in [3.05, 3.63) is 34.3 Å². The van der Waals surface area contributed by atoms with E-state index in [0.717, 1.165) is 17.3 Å². The molecule has 1 aliphatic carbocycles. The molecule has 2 fully saturated rings. The number of carbonyl (C=O) groups excluding carboxylic acids is 2. The van der Waals surface area contributed by atoms with Gasteiger partial charge in [-0.2, -0.15) is 0 Å². The number of imide groups is 1. The van der Waals surface area contributed by atoms with Crippen molar-refractivity contribution in [3.8, 4) is 0 Å². The van der Waals surface area contributed by atoms with Gasteiger partial charge in [-0.3, -0.25) is 15.0 Å². The maximum atomic E-state index is 12.0. The van der Waals surface area contributed by atoms with Crippen molar-refractivity contribution in [3.63, 3.8) is 0 Å². The minimum Gasteiger partial charge on any atom is -0.336 e.